The SMILES string of the molecule is COc1ccc([C@@H]2CCC[NH+]2CC(=O)Nc2ccc(F)c(F)c2)c(OC)c1. The van der Waals surface area contributed by atoms with Gasteiger partial charge in [-0.15, -0.1) is 0 Å². The minimum Gasteiger partial charge on any atom is -0.497 e. The summed E-state index contributed by atoms with van der Waals surface area (Å²) in [6, 6.07) is 9.15. The monoisotopic (exact) mass is 377 g/mol. The Morgan fingerprint density at radius 1 is 1.15 bits per heavy atom. The standard InChI is InChI=1S/C20H22F2N2O3/c1-26-14-6-7-15(19(11-14)27-2)18-4-3-9-24(18)12-20(25)23-13-5-8-16(21)17(22)10-13/h5-8,10-11,18H,3-4,9,12H2,1-2H3,(H,23,25)/p+1/t18-/m0/s1. The Morgan fingerprint density at radius 3 is 2.67 bits per heavy atom. The fourth-order valence-corrected chi connectivity index (χ4v) is 3.59. The third kappa shape index (κ3) is 4.36. The van der Waals surface area contributed by atoms with Crippen molar-refractivity contribution in [3.05, 3.63) is 53.6 Å². The number of carbonyl (C=O) groups is 1. The average Bonchev–Trinajstić information content (AvgIpc) is 3.11. The molecule has 0 saturated carbocycles. The molecule has 0 aromatic heterocycles. The third-order valence-electron chi connectivity index (χ3n) is 4.89. The summed E-state index contributed by atoms with van der Waals surface area (Å²) in [6.45, 7) is 1.09. The van der Waals surface area contributed by atoms with Crippen LogP contribution in [0.25, 0.3) is 0 Å². The predicted molar refractivity (Wildman–Crippen MR) is 97.2 cm³/mol. The predicted octanol–water partition coefficient (Wildman–Crippen LogP) is 2.34. The lowest BCUT2D eigenvalue weighted by Gasteiger charge is -2.23. The Balaban J connectivity index is 1.71. The second-order valence-electron chi connectivity index (χ2n) is 6.56. The smallest absolute Gasteiger partial charge is 0.279 e. The largest absolute Gasteiger partial charge is 0.497 e. The van der Waals surface area contributed by atoms with Crippen molar-refractivity contribution < 1.29 is 27.9 Å². The Bertz CT molecular complexity index is 829. The molecule has 1 aliphatic heterocycles. The maximum atomic E-state index is 13.3. The Kier molecular flexibility index (Phi) is 5.91. The normalized spacial score (nSPS) is 19.0. The topological polar surface area (TPSA) is 52.0 Å². The van der Waals surface area contributed by atoms with Gasteiger partial charge in [0.15, 0.2) is 18.2 Å². The van der Waals surface area contributed by atoms with Crippen LogP contribution in [0.5, 0.6) is 11.5 Å². The number of hydrogen-bond donors (Lipinski definition) is 2. The highest BCUT2D eigenvalue weighted by Gasteiger charge is 2.33. The lowest BCUT2D eigenvalue weighted by molar-refractivity contribution is -0.910. The molecule has 27 heavy (non-hydrogen) atoms. The number of hydrogen-bond acceptors (Lipinski definition) is 3. The summed E-state index contributed by atoms with van der Waals surface area (Å²) in [4.78, 5) is 13.5. The first-order valence-electron chi connectivity index (χ1n) is 8.83. The molecule has 3 rings (SSSR count). The van der Waals surface area contributed by atoms with Crippen LogP contribution in [0.4, 0.5) is 14.5 Å². The van der Waals surface area contributed by atoms with Crippen LogP contribution in [-0.4, -0.2) is 33.2 Å². The number of methoxy groups -OCH3 is 2. The summed E-state index contributed by atoms with van der Waals surface area (Å²) in [7, 11) is 3.22. The molecule has 0 aliphatic carbocycles. The highest BCUT2D eigenvalue weighted by Crippen LogP contribution is 2.31. The Morgan fingerprint density at radius 2 is 1.96 bits per heavy atom. The fourth-order valence-electron chi connectivity index (χ4n) is 3.59. The highest BCUT2D eigenvalue weighted by molar-refractivity contribution is 5.91. The van der Waals surface area contributed by atoms with Crippen molar-refractivity contribution in [2.75, 3.05) is 32.6 Å². The quantitative estimate of drug-likeness (QED) is 0.813. The third-order valence-corrected chi connectivity index (χ3v) is 4.89. The first-order valence-corrected chi connectivity index (χ1v) is 8.83. The van der Waals surface area contributed by atoms with Gasteiger partial charge in [0.05, 0.1) is 26.3 Å². The van der Waals surface area contributed by atoms with Gasteiger partial charge in [-0.25, -0.2) is 8.78 Å². The lowest BCUT2D eigenvalue weighted by atomic mass is 10.0. The van der Waals surface area contributed by atoms with Crippen molar-refractivity contribution in [3.63, 3.8) is 0 Å². The number of anilines is 1. The van der Waals surface area contributed by atoms with E-state index in [9.17, 15) is 13.6 Å². The molecule has 5 nitrogen and oxygen atoms in total. The highest BCUT2D eigenvalue weighted by atomic mass is 19.2. The summed E-state index contributed by atoms with van der Waals surface area (Å²) in [6.07, 6.45) is 1.93. The molecule has 1 amide bonds. The van der Waals surface area contributed by atoms with Crippen molar-refractivity contribution in [1.82, 2.24) is 0 Å². The van der Waals surface area contributed by atoms with Gasteiger partial charge in [0.2, 0.25) is 0 Å². The lowest BCUT2D eigenvalue weighted by Crippen LogP contribution is -3.11. The van der Waals surface area contributed by atoms with E-state index in [2.05, 4.69) is 5.32 Å². The van der Waals surface area contributed by atoms with Gasteiger partial charge in [-0.3, -0.25) is 4.79 Å². The van der Waals surface area contributed by atoms with Crippen LogP contribution in [0.3, 0.4) is 0 Å². The number of nitrogens with one attached hydrogen (secondary N) is 2. The van der Waals surface area contributed by atoms with Gasteiger partial charge >= 0.3 is 0 Å². The van der Waals surface area contributed by atoms with Crippen LogP contribution >= 0.6 is 0 Å². The van der Waals surface area contributed by atoms with Crippen LogP contribution in [0, 0.1) is 11.6 Å². The molecule has 2 N–H and O–H groups in total. The van der Waals surface area contributed by atoms with E-state index in [-0.39, 0.29) is 24.2 Å². The van der Waals surface area contributed by atoms with Crippen molar-refractivity contribution in [1.29, 1.82) is 0 Å². The van der Waals surface area contributed by atoms with Crippen LogP contribution in [-0.2, 0) is 4.79 Å². The first kappa shape index (κ1) is 19.1. The zero-order valence-electron chi connectivity index (χ0n) is 15.4. The zero-order chi connectivity index (χ0) is 19.4. The second kappa shape index (κ2) is 8.35. The van der Waals surface area contributed by atoms with E-state index in [1.807, 2.05) is 18.2 Å². The van der Waals surface area contributed by atoms with Crippen molar-refractivity contribution >= 4 is 11.6 Å². The maximum absolute atomic E-state index is 13.3. The van der Waals surface area contributed by atoms with E-state index < -0.39 is 11.6 Å². The summed E-state index contributed by atoms with van der Waals surface area (Å²) in [5.41, 5.74) is 1.28. The van der Waals surface area contributed by atoms with Gasteiger partial charge in [0.25, 0.3) is 5.91 Å². The Labute approximate surface area is 156 Å². The van der Waals surface area contributed by atoms with Gasteiger partial charge in [-0.1, -0.05) is 0 Å². The summed E-state index contributed by atoms with van der Waals surface area (Å²) in [5.74, 6) is -0.714. The summed E-state index contributed by atoms with van der Waals surface area (Å²) < 4.78 is 37.1. The number of halogens is 2. The molecule has 1 unspecified atom stereocenters. The molecule has 1 aliphatic rings. The molecule has 0 bridgehead atoms. The average molecular weight is 377 g/mol. The number of ether oxygens (including phenoxy) is 2. The fraction of sp³-hybridized carbons (Fsp3) is 0.350. The molecule has 2 atom stereocenters. The molecule has 144 valence electrons. The molecule has 2 aromatic rings. The zero-order valence-corrected chi connectivity index (χ0v) is 15.4. The second-order valence-corrected chi connectivity index (χ2v) is 6.56. The van der Waals surface area contributed by atoms with Crippen LogP contribution < -0.4 is 19.7 Å². The van der Waals surface area contributed by atoms with E-state index in [1.54, 1.807) is 14.2 Å². The maximum Gasteiger partial charge on any atom is 0.279 e. The minimum absolute atomic E-state index is 0.126. The molecular weight excluding hydrogens is 354 g/mol. The molecule has 2 aromatic carbocycles. The van der Waals surface area contributed by atoms with Crippen LogP contribution in [0.2, 0.25) is 0 Å². The first-order chi connectivity index (χ1) is 13.0. The van der Waals surface area contributed by atoms with Gasteiger partial charge in [-0.2, -0.15) is 0 Å². The molecular formula is C20H23F2N2O3+. The minimum atomic E-state index is -0.984. The van der Waals surface area contributed by atoms with E-state index in [4.69, 9.17) is 9.47 Å². The summed E-state index contributed by atoms with van der Waals surface area (Å²) >= 11 is 0. The van der Waals surface area contributed by atoms with Gasteiger partial charge in [0.1, 0.15) is 17.5 Å². The van der Waals surface area contributed by atoms with Crippen LogP contribution in [0.1, 0.15) is 24.4 Å². The van der Waals surface area contributed by atoms with Crippen molar-refractivity contribution in [2.45, 2.75) is 18.9 Å². The molecule has 1 saturated heterocycles. The molecule has 0 spiro atoms. The van der Waals surface area contributed by atoms with Gasteiger partial charge in [-0.05, 0) is 24.3 Å². The molecule has 1 heterocycles. The number of likely N-dealkylation sites (tertiary alicyclic amines) is 1. The van der Waals surface area contributed by atoms with Crippen molar-refractivity contribution in [2.24, 2.45) is 0 Å². The molecule has 1 fully saturated rings. The van der Waals surface area contributed by atoms with Gasteiger partial charge < -0.3 is 19.7 Å². The summed E-state index contributed by atoms with van der Waals surface area (Å²) in [5, 5.41) is 2.64. The number of benzene rings is 2. The van der Waals surface area contributed by atoms with E-state index in [0.29, 0.717) is 5.75 Å². The van der Waals surface area contributed by atoms with Gasteiger partial charge in [0, 0.05) is 30.7 Å². The van der Waals surface area contributed by atoms with E-state index in [0.717, 1.165) is 47.7 Å². The van der Waals surface area contributed by atoms with Crippen LogP contribution in [0.15, 0.2) is 36.4 Å². The number of amides is 1. The number of rotatable bonds is 6. The molecule has 0 radical (unpaired) electrons. The Hall–Kier alpha value is -2.67. The number of carbonyl (C=O) groups excluding carboxylic acids is 1. The van der Waals surface area contributed by atoms with Crippen molar-refractivity contribution in [3.8, 4) is 11.5 Å². The molecule has 7 heteroatoms. The van der Waals surface area contributed by atoms with E-state index >= 15 is 0 Å². The number of quaternary nitrogens is 1. The van der Waals surface area contributed by atoms with E-state index in [1.165, 1.54) is 6.07 Å².